The zero-order valence-electron chi connectivity index (χ0n) is 18.3. The SMILES string of the molecule is O=C(CN1C(=O)S/C(=C\c2cc(Br)ccc2OCc2ccc(Cl)cc2Cl)C1=O)Nc1ccc(F)cc1. The van der Waals surface area contributed by atoms with Crippen LogP contribution < -0.4 is 10.1 Å². The number of halogens is 4. The lowest BCUT2D eigenvalue weighted by Gasteiger charge is -2.13. The molecule has 0 saturated carbocycles. The molecule has 6 nitrogen and oxygen atoms in total. The molecular formula is C25H16BrCl2FN2O4S. The molecule has 1 aliphatic heterocycles. The number of nitrogens with one attached hydrogen (secondary N) is 1. The smallest absolute Gasteiger partial charge is 0.294 e. The first-order chi connectivity index (χ1) is 17.2. The van der Waals surface area contributed by atoms with Crippen LogP contribution in [-0.4, -0.2) is 28.5 Å². The maximum absolute atomic E-state index is 13.1. The summed E-state index contributed by atoms with van der Waals surface area (Å²) < 4.78 is 19.7. The van der Waals surface area contributed by atoms with Crippen molar-refractivity contribution < 1.29 is 23.5 Å². The number of carbonyl (C=O) groups is 3. The van der Waals surface area contributed by atoms with Crippen LogP contribution in [0.4, 0.5) is 14.9 Å². The molecule has 3 aromatic carbocycles. The highest BCUT2D eigenvalue weighted by Crippen LogP contribution is 2.35. The minimum atomic E-state index is -0.606. The molecule has 1 fully saturated rings. The summed E-state index contributed by atoms with van der Waals surface area (Å²) in [6, 6.07) is 15.5. The number of thioether (sulfide) groups is 1. The summed E-state index contributed by atoms with van der Waals surface area (Å²) in [5.74, 6) is -1.18. The Kier molecular flexibility index (Phi) is 8.35. The summed E-state index contributed by atoms with van der Waals surface area (Å²) in [5, 5.41) is 2.92. The topological polar surface area (TPSA) is 75.7 Å². The van der Waals surface area contributed by atoms with E-state index in [-0.39, 0.29) is 11.5 Å². The zero-order chi connectivity index (χ0) is 25.8. The van der Waals surface area contributed by atoms with E-state index >= 15 is 0 Å². The van der Waals surface area contributed by atoms with Crippen molar-refractivity contribution >= 4 is 79.7 Å². The number of carbonyl (C=O) groups excluding carboxylic acids is 3. The fourth-order valence-electron chi connectivity index (χ4n) is 3.21. The molecule has 0 radical (unpaired) electrons. The van der Waals surface area contributed by atoms with E-state index in [0.29, 0.717) is 27.0 Å². The lowest BCUT2D eigenvalue weighted by atomic mass is 10.1. The average molecular weight is 610 g/mol. The van der Waals surface area contributed by atoms with E-state index in [4.69, 9.17) is 27.9 Å². The van der Waals surface area contributed by atoms with Crippen molar-refractivity contribution in [1.29, 1.82) is 0 Å². The normalized spacial score (nSPS) is 14.4. The third-order valence-corrected chi connectivity index (χ3v) is 6.95. The molecule has 3 amide bonds. The maximum atomic E-state index is 13.1. The number of amides is 3. The van der Waals surface area contributed by atoms with Gasteiger partial charge in [0, 0.05) is 31.3 Å². The zero-order valence-corrected chi connectivity index (χ0v) is 22.2. The van der Waals surface area contributed by atoms with Gasteiger partial charge < -0.3 is 10.1 Å². The number of nitrogens with zero attached hydrogens (tertiary/aromatic N) is 1. The summed E-state index contributed by atoms with van der Waals surface area (Å²) in [5.41, 5.74) is 1.62. The second-order valence-electron chi connectivity index (χ2n) is 7.53. The fourth-order valence-corrected chi connectivity index (χ4v) is 4.88. The van der Waals surface area contributed by atoms with E-state index < -0.39 is 29.4 Å². The molecule has 0 unspecified atom stereocenters. The second kappa shape index (κ2) is 11.5. The van der Waals surface area contributed by atoms with Crippen LogP contribution in [0.25, 0.3) is 6.08 Å². The summed E-state index contributed by atoms with van der Waals surface area (Å²) in [6.07, 6.45) is 1.53. The van der Waals surface area contributed by atoms with Gasteiger partial charge in [0.25, 0.3) is 11.1 Å². The first-order valence-corrected chi connectivity index (χ1v) is 12.7. The molecule has 1 heterocycles. The molecule has 0 spiro atoms. The second-order valence-corrected chi connectivity index (χ2v) is 10.3. The van der Waals surface area contributed by atoms with Crippen LogP contribution in [0.1, 0.15) is 11.1 Å². The van der Waals surface area contributed by atoms with Crippen molar-refractivity contribution in [3.8, 4) is 5.75 Å². The van der Waals surface area contributed by atoms with E-state index in [0.717, 1.165) is 26.7 Å². The predicted octanol–water partition coefficient (Wildman–Crippen LogP) is 7.15. The molecule has 0 aromatic heterocycles. The summed E-state index contributed by atoms with van der Waals surface area (Å²) in [4.78, 5) is 38.7. The van der Waals surface area contributed by atoms with Crippen LogP contribution in [0.2, 0.25) is 10.0 Å². The largest absolute Gasteiger partial charge is 0.488 e. The van der Waals surface area contributed by atoms with Gasteiger partial charge in [0.15, 0.2) is 0 Å². The summed E-state index contributed by atoms with van der Waals surface area (Å²) in [7, 11) is 0. The standard InChI is InChI=1S/C25H16BrCl2FN2O4S/c26-16-2-8-21(35-13-14-1-3-17(27)11-20(14)28)15(9-16)10-22-24(33)31(25(34)36-22)12-23(32)30-19-6-4-18(29)5-7-19/h1-11H,12-13H2,(H,30,32)/b22-10-. The minimum absolute atomic E-state index is 0.141. The molecule has 184 valence electrons. The number of imide groups is 1. The number of hydrogen-bond acceptors (Lipinski definition) is 5. The van der Waals surface area contributed by atoms with Gasteiger partial charge in [-0.2, -0.15) is 0 Å². The van der Waals surface area contributed by atoms with Crippen LogP contribution in [0.15, 0.2) is 70.0 Å². The van der Waals surface area contributed by atoms with Crippen molar-refractivity contribution in [2.45, 2.75) is 6.61 Å². The van der Waals surface area contributed by atoms with Gasteiger partial charge in [0.1, 0.15) is 24.7 Å². The molecule has 0 aliphatic carbocycles. The highest BCUT2D eigenvalue weighted by atomic mass is 79.9. The Labute approximate surface area is 228 Å². The van der Waals surface area contributed by atoms with Crippen LogP contribution in [0, 0.1) is 5.82 Å². The van der Waals surface area contributed by atoms with Gasteiger partial charge in [-0.3, -0.25) is 19.3 Å². The summed E-state index contributed by atoms with van der Waals surface area (Å²) >= 11 is 16.3. The minimum Gasteiger partial charge on any atom is -0.488 e. The molecule has 1 saturated heterocycles. The van der Waals surface area contributed by atoms with Gasteiger partial charge in [0.05, 0.1) is 4.91 Å². The molecule has 0 atom stereocenters. The molecular weight excluding hydrogens is 594 g/mol. The third-order valence-electron chi connectivity index (χ3n) is 4.96. The highest BCUT2D eigenvalue weighted by molar-refractivity contribution is 9.10. The lowest BCUT2D eigenvalue weighted by Crippen LogP contribution is -2.36. The Hall–Kier alpha value is -2.85. The Morgan fingerprint density at radius 2 is 1.83 bits per heavy atom. The number of anilines is 1. The summed E-state index contributed by atoms with van der Waals surface area (Å²) in [6.45, 7) is -0.320. The van der Waals surface area contributed by atoms with Crippen LogP contribution in [0.5, 0.6) is 5.75 Å². The van der Waals surface area contributed by atoms with Gasteiger partial charge >= 0.3 is 0 Å². The van der Waals surface area contributed by atoms with E-state index in [1.807, 2.05) is 0 Å². The molecule has 1 aliphatic rings. The van der Waals surface area contributed by atoms with Gasteiger partial charge in [-0.1, -0.05) is 45.2 Å². The maximum Gasteiger partial charge on any atom is 0.294 e. The van der Waals surface area contributed by atoms with E-state index in [2.05, 4.69) is 21.2 Å². The van der Waals surface area contributed by atoms with Crippen molar-refractivity contribution in [1.82, 2.24) is 4.90 Å². The number of benzene rings is 3. The highest BCUT2D eigenvalue weighted by Gasteiger charge is 2.36. The van der Waals surface area contributed by atoms with Gasteiger partial charge in [-0.25, -0.2) is 4.39 Å². The molecule has 0 bridgehead atoms. The van der Waals surface area contributed by atoms with Crippen molar-refractivity contribution in [3.63, 3.8) is 0 Å². The quantitative estimate of drug-likeness (QED) is 0.288. The Morgan fingerprint density at radius 3 is 2.56 bits per heavy atom. The third kappa shape index (κ3) is 6.47. The van der Waals surface area contributed by atoms with Gasteiger partial charge in [-0.15, -0.1) is 0 Å². The lowest BCUT2D eigenvalue weighted by molar-refractivity contribution is -0.127. The number of hydrogen-bond donors (Lipinski definition) is 1. The van der Waals surface area contributed by atoms with Crippen LogP contribution in [-0.2, 0) is 16.2 Å². The predicted molar refractivity (Wildman–Crippen MR) is 143 cm³/mol. The molecule has 11 heteroatoms. The van der Waals surface area contributed by atoms with Crippen LogP contribution >= 0.6 is 50.9 Å². The van der Waals surface area contributed by atoms with Gasteiger partial charge in [-0.05, 0) is 72.4 Å². The van der Waals surface area contributed by atoms with Crippen LogP contribution in [0.3, 0.4) is 0 Å². The number of rotatable bonds is 7. The molecule has 4 rings (SSSR count). The van der Waals surface area contributed by atoms with E-state index in [9.17, 15) is 18.8 Å². The molecule has 1 N–H and O–H groups in total. The monoisotopic (exact) mass is 608 g/mol. The average Bonchev–Trinajstić information content (AvgIpc) is 3.08. The van der Waals surface area contributed by atoms with Gasteiger partial charge in [0.2, 0.25) is 5.91 Å². The Balaban J connectivity index is 1.48. The fraction of sp³-hybridized carbons (Fsp3) is 0.0800. The van der Waals surface area contributed by atoms with Crippen molar-refractivity contribution in [2.24, 2.45) is 0 Å². The first kappa shape index (κ1) is 26.2. The molecule has 36 heavy (non-hydrogen) atoms. The molecule has 3 aromatic rings. The van der Waals surface area contributed by atoms with E-state index in [1.165, 1.54) is 30.3 Å². The number of ether oxygens (including phenoxy) is 1. The van der Waals surface area contributed by atoms with Crippen molar-refractivity contribution in [3.05, 3.63) is 97.0 Å². The van der Waals surface area contributed by atoms with Crippen molar-refractivity contribution in [2.75, 3.05) is 11.9 Å². The van der Waals surface area contributed by atoms with E-state index in [1.54, 1.807) is 36.4 Å². The Morgan fingerprint density at radius 1 is 1.08 bits per heavy atom. The Bertz CT molecular complexity index is 1380. The first-order valence-electron chi connectivity index (χ1n) is 10.4.